The summed E-state index contributed by atoms with van der Waals surface area (Å²) in [6.07, 6.45) is 0. The molecule has 0 radical (unpaired) electrons. The molecule has 5 heteroatoms. The number of nitriles is 4. The highest BCUT2D eigenvalue weighted by Crippen LogP contribution is 2.37. The van der Waals surface area contributed by atoms with E-state index >= 15 is 0 Å². The molecule has 0 amide bonds. The first-order valence-electron chi connectivity index (χ1n) is 14.2. The van der Waals surface area contributed by atoms with E-state index in [9.17, 15) is 21.0 Å². The highest BCUT2D eigenvalue weighted by molar-refractivity contribution is 6.10. The molecule has 0 spiro atoms. The van der Waals surface area contributed by atoms with Crippen LogP contribution in [0.4, 0.5) is 0 Å². The van der Waals surface area contributed by atoms with Crippen molar-refractivity contribution >= 4 is 21.8 Å². The summed E-state index contributed by atoms with van der Waals surface area (Å²) in [5.41, 5.74) is 10.0. The molecule has 0 unspecified atom stereocenters. The molecule has 0 atom stereocenters. The highest BCUT2D eigenvalue weighted by atomic mass is 15.0. The fourth-order valence-electron chi connectivity index (χ4n) is 6.05. The van der Waals surface area contributed by atoms with Gasteiger partial charge in [0.25, 0.3) is 0 Å². The molecule has 1 aromatic heterocycles. The molecule has 206 valence electrons. The van der Waals surface area contributed by atoms with Crippen molar-refractivity contribution in [2.45, 2.75) is 0 Å². The average Bonchev–Trinajstić information content (AvgIpc) is 3.44. The molecule has 0 saturated heterocycles. The lowest BCUT2D eigenvalue weighted by molar-refractivity contribution is 1.18. The van der Waals surface area contributed by atoms with Crippen LogP contribution < -0.4 is 0 Å². The van der Waals surface area contributed by atoms with Crippen LogP contribution in [0, 0.1) is 45.3 Å². The third kappa shape index (κ3) is 4.65. The molecule has 0 aliphatic rings. The van der Waals surface area contributed by atoms with Crippen LogP contribution in [0.25, 0.3) is 60.9 Å². The van der Waals surface area contributed by atoms with Crippen LogP contribution in [0.3, 0.4) is 0 Å². The zero-order valence-corrected chi connectivity index (χ0v) is 23.9. The number of aromatic nitrogens is 1. The van der Waals surface area contributed by atoms with Crippen LogP contribution in [0.1, 0.15) is 22.3 Å². The summed E-state index contributed by atoms with van der Waals surface area (Å²) in [6.45, 7) is 0. The summed E-state index contributed by atoms with van der Waals surface area (Å²) in [4.78, 5) is 0. The van der Waals surface area contributed by atoms with Gasteiger partial charge in [-0.3, -0.25) is 0 Å². The molecule has 1 heterocycles. The fourth-order valence-corrected chi connectivity index (χ4v) is 6.05. The first-order chi connectivity index (χ1) is 22.1. The van der Waals surface area contributed by atoms with Gasteiger partial charge in [0.2, 0.25) is 0 Å². The molecule has 7 rings (SSSR count). The molecular weight excluding hydrogens is 550 g/mol. The predicted molar refractivity (Wildman–Crippen MR) is 176 cm³/mol. The zero-order valence-electron chi connectivity index (χ0n) is 23.9. The van der Waals surface area contributed by atoms with Gasteiger partial charge in [-0.15, -0.1) is 0 Å². The van der Waals surface area contributed by atoms with Crippen molar-refractivity contribution in [3.05, 3.63) is 150 Å². The number of benzene rings is 6. The van der Waals surface area contributed by atoms with Crippen LogP contribution in [-0.4, -0.2) is 4.57 Å². The summed E-state index contributed by atoms with van der Waals surface area (Å²) >= 11 is 0. The number of fused-ring (bicyclic) bond motifs is 3. The molecule has 6 aromatic carbocycles. The van der Waals surface area contributed by atoms with E-state index < -0.39 is 0 Å². The Morgan fingerprint density at radius 1 is 0.400 bits per heavy atom. The quantitative estimate of drug-likeness (QED) is 0.210. The second kappa shape index (κ2) is 11.1. The smallest absolute Gasteiger partial charge is 0.100 e. The van der Waals surface area contributed by atoms with Gasteiger partial charge in [0.15, 0.2) is 0 Å². The van der Waals surface area contributed by atoms with E-state index in [1.165, 1.54) is 0 Å². The summed E-state index contributed by atoms with van der Waals surface area (Å²) in [7, 11) is 0. The van der Waals surface area contributed by atoms with Gasteiger partial charge in [-0.2, -0.15) is 21.0 Å². The van der Waals surface area contributed by atoms with Gasteiger partial charge in [-0.25, -0.2) is 0 Å². The molecule has 0 aliphatic heterocycles. The molecular formula is C40H21N5. The van der Waals surface area contributed by atoms with Gasteiger partial charge >= 0.3 is 0 Å². The second-order valence-electron chi connectivity index (χ2n) is 10.7. The number of rotatable bonds is 4. The molecule has 0 saturated carbocycles. The topological polar surface area (TPSA) is 100 Å². The Kier molecular flexibility index (Phi) is 6.62. The maximum absolute atomic E-state index is 10.2. The van der Waals surface area contributed by atoms with Crippen molar-refractivity contribution in [3.8, 4) is 63.3 Å². The Balaban J connectivity index is 1.41. The SMILES string of the molecule is N#Cc1cc(-c2cccc(-c3cccc(-c4ccccc4)c3C#N)c2)cc(-n2c3ccc(C#N)cc3c3cc(C#N)ccc32)c1. The first kappa shape index (κ1) is 26.9. The zero-order chi connectivity index (χ0) is 30.9. The third-order valence-corrected chi connectivity index (χ3v) is 8.10. The van der Waals surface area contributed by atoms with Gasteiger partial charge in [0.05, 0.1) is 51.5 Å². The van der Waals surface area contributed by atoms with Crippen LogP contribution in [0.5, 0.6) is 0 Å². The molecule has 5 nitrogen and oxygen atoms in total. The Bertz CT molecular complexity index is 2400. The van der Waals surface area contributed by atoms with E-state index in [0.717, 1.165) is 60.9 Å². The summed E-state index contributed by atoms with van der Waals surface area (Å²) in [5.74, 6) is 0. The van der Waals surface area contributed by atoms with E-state index in [1.54, 1.807) is 12.1 Å². The summed E-state index contributed by atoms with van der Waals surface area (Å²) in [5, 5.41) is 41.2. The van der Waals surface area contributed by atoms with E-state index in [2.05, 4.69) is 34.9 Å². The molecule has 45 heavy (non-hydrogen) atoms. The minimum absolute atomic E-state index is 0.494. The van der Waals surface area contributed by atoms with Crippen molar-refractivity contribution in [2.75, 3.05) is 0 Å². The lowest BCUT2D eigenvalue weighted by atomic mass is 9.91. The standard InChI is InChI=1S/C40H21N5/c41-22-26-12-14-39-36(18-26)37-19-27(23-42)13-15-40(37)45(39)33-17-28(24-43)16-32(21-33)30-8-4-9-31(20-30)35-11-5-10-34(38(35)25-44)29-6-2-1-3-7-29/h1-21H. The Morgan fingerprint density at radius 3 is 1.60 bits per heavy atom. The first-order valence-corrected chi connectivity index (χ1v) is 14.2. The van der Waals surface area contributed by atoms with Crippen molar-refractivity contribution in [3.63, 3.8) is 0 Å². The second-order valence-corrected chi connectivity index (χ2v) is 10.7. The summed E-state index contributed by atoms with van der Waals surface area (Å²) in [6, 6.07) is 49.8. The van der Waals surface area contributed by atoms with Crippen molar-refractivity contribution in [1.82, 2.24) is 4.57 Å². The van der Waals surface area contributed by atoms with E-state index in [4.69, 9.17) is 0 Å². The molecule has 0 fully saturated rings. The van der Waals surface area contributed by atoms with E-state index in [1.807, 2.05) is 109 Å². The monoisotopic (exact) mass is 571 g/mol. The normalized spacial score (nSPS) is 10.6. The van der Waals surface area contributed by atoms with Crippen molar-refractivity contribution in [2.24, 2.45) is 0 Å². The number of hydrogen-bond donors (Lipinski definition) is 0. The van der Waals surface area contributed by atoms with Crippen LogP contribution >= 0.6 is 0 Å². The minimum Gasteiger partial charge on any atom is -0.309 e. The van der Waals surface area contributed by atoms with Crippen LogP contribution in [0.15, 0.2) is 127 Å². The van der Waals surface area contributed by atoms with Crippen molar-refractivity contribution in [1.29, 1.82) is 21.0 Å². The maximum atomic E-state index is 10.2. The van der Waals surface area contributed by atoms with Crippen molar-refractivity contribution < 1.29 is 0 Å². The third-order valence-electron chi connectivity index (χ3n) is 8.10. The average molecular weight is 572 g/mol. The van der Waals surface area contributed by atoms with Gasteiger partial charge in [0.1, 0.15) is 6.07 Å². The number of hydrogen-bond acceptors (Lipinski definition) is 4. The molecule has 0 aliphatic carbocycles. The van der Waals surface area contributed by atoms with E-state index in [0.29, 0.717) is 22.3 Å². The summed E-state index contributed by atoms with van der Waals surface area (Å²) < 4.78 is 2.07. The molecule has 7 aromatic rings. The largest absolute Gasteiger partial charge is 0.309 e. The minimum atomic E-state index is 0.494. The van der Waals surface area contributed by atoms with Gasteiger partial charge in [0, 0.05) is 27.6 Å². The Morgan fingerprint density at radius 2 is 0.978 bits per heavy atom. The fraction of sp³-hybridized carbons (Fsp3) is 0. The van der Waals surface area contributed by atoms with Gasteiger partial charge < -0.3 is 4.57 Å². The highest BCUT2D eigenvalue weighted by Gasteiger charge is 2.17. The van der Waals surface area contributed by atoms with E-state index in [-0.39, 0.29) is 0 Å². The lowest BCUT2D eigenvalue weighted by Gasteiger charge is -2.13. The van der Waals surface area contributed by atoms with Gasteiger partial charge in [-0.05, 0) is 82.9 Å². The molecule has 0 bridgehead atoms. The Hall–Kier alpha value is -6.92. The lowest BCUT2D eigenvalue weighted by Crippen LogP contribution is -1.96. The van der Waals surface area contributed by atoms with Crippen LogP contribution in [-0.2, 0) is 0 Å². The maximum Gasteiger partial charge on any atom is 0.100 e. The predicted octanol–water partition coefficient (Wildman–Crippen LogP) is 9.27. The molecule has 0 N–H and O–H groups in total. The number of nitrogens with zero attached hydrogens (tertiary/aromatic N) is 5. The Labute approximate surface area is 259 Å². The van der Waals surface area contributed by atoms with Crippen LogP contribution in [0.2, 0.25) is 0 Å². The van der Waals surface area contributed by atoms with Gasteiger partial charge in [-0.1, -0.05) is 66.7 Å².